The highest BCUT2D eigenvalue weighted by Gasteiger charge is 2.11. The summed E-state index contributed by atoms with van der Waals surface area (Å²) in [5.41, 5.74) is 5.29. The van der Waals surface area contributed by atoms with Crippen LogP contribution in [0.2, 0.25) is 0 Å². The molecule has 1 atom stereocenters. The highest BCUT2D eigenvalue weighted by Crippen LogP contribution is 2.14. The number of carbonyl (C=O) groups excluding carboxylic acids is 1. The molecule has 0 radical (unpaired) electrons. The topological polar surface area (TPSA) is 82.8 Å². The smallest absolute Gasteiger partial charge is 0.407 e. The molecule has 0 saturated carbocycles. The molecule has 0 aromatic heterocycles. The van der Waals surface area contributed by atoms with Crippen molar-refractivity contribution in [2.45, 2.75) is 38.2 Å². The third kappa shape index (κ3) is 10.3. The molecule has 6 nitrogen and oxygen atoms in total. The Morgan fingerprint density at radius 3 is 2.76 bits per heavy atom. The molecular formula is C15H28N2O4. The second-order valence-electron chi connectivity index (χ2n) is 4.95. The fourth-order valence-electron chi connectivity index (χ4n) is 2.04. The number of allylic oxidation sites excluding steroid dienone is 1. The van der Waals surface area contributed by atoms with Gasteiger partial charge in [0.15, 0.2) is 0 Å². The Morgan fingerprint density at radius 2 is 1.95 bits per heavy atom. The first kappa shape index (κ1) is 17.9. The molecule has 0 saturated heterocycles. The number of rotatable bonds is 9. The second kappa shape index (κ2) is 12.6. The van der Waals surface area contributed by atoms with Crippen LogP contribution >= 0.6 is 0 Å². The van der Waals surface area contributed by atoms with Gasteiger partial charge >= 0.3 is 6.09 Å². The SMILES string of the molecule is NCCOCCOCCNC(=O)O[C@@H]1/C=C\CCCCC1. The lowest BCUT2D eigenvalue weighted by atomic mass is 10.0. The van der Waals surface area contributed by atoms with Crippen molar-refractivity contribution >= 4 is 6.09 Å². The lowest BCUT2D eigenvalue weighted by Crippen LogP contribution is -2.31. The lowest BCUT2D eigenvalue weighted by molar-refractivity contribution is 0.0505. The normalized spacial score (nSPS) is 20.3. The zero-order valence-corrected chi connectivity index (χ0v) is 12.7. The van der Waals surface area contributed by atoms with Crippen LogP contribution in [0.25, 0.3) is 0 Å². The van der Waals surface area contributed by atoms with Crippen molar-refractivity contribution in [1.82, 2.24) is 5.32 Å². The number of hydrogen-bond donors (Lipinski definition) is 2. The van der Waals surface area contributed by atoms with E-state index in [4.69, 9.17) is 19.9 Å². The monoisotopic (exact) mass is 300 g/mol. The molecule has 1 aliphatic rings. The second-order valence-corrected chi connectivity index (χ2v) is 4.95. The van der Waals surface area contributed by atoms with Gasteiger partial charge in [-0.25, -0.2) is 4.79 Å². The van der Waals surface area contributed by atoms with Crippen LogP contribution in [0.15, 0.2) is 12.2 Å². The number of nitrogens with two attached hydrogens (primary N) is 1. The molecule has 1 amide bonds. The van der Waals surface area contributed by atoms with Crippen molar-refractivity contribution in [2.24, 2.45) is 5.73 Å². The van der Waals surface area contributed by atoms with E-state index < -0.39 is 0 Å². The van der Waals surface area contributed by atoms with Crippen molar-refractivity contribution < 1.29 is 19.0 Å². The van der Waals surface area contributed by atoms with Gasteiger partial charge in [-0.2, -0.15) is 0 Å². The summed E-state index contributed by atoms with van der Waals surface area (Å²) >= 11 is 0. The lowest BCUT2D eigenvalue weighted by Gasteiger charge is -2.16. The number of amides is 1. The Labute approximate surface area is 127 Å². The molecule has 0 unspecified atom stereocenters. The molecule has 122 valence electrons. The Morgan fingerprint density at radius 1 is 1.14 bits per heavy atom. The number of alkyl carbamates (subject to hydrolysis) is 1. The standard InChI is InChI=1S/C15H28N2O4/c16-8-10-19-12-13-20-11-9-17-15(18)21-14-6-4-2-1-3-5-7-14/h4,6,14H,1-3,5,7-13,16H2,(H,17,18)/b6-4-/t14-/m1/s1. The predicted molar refractivity (Wildman–Crippen MR) is 81.2 cm³/mol. The van der Waals surface area contributed by atoms with E-state index in [1.807, 2.05) is 6.08 Å². The number of carbonyl (C=O) groups is 1. The maximum atomic E-state index is 11.6. The van der Waals surface area contributed by atoms with Crippen LogP contribution in [0.1, 0.15) is 32.1 Å². The van der Waals surface area contributed by atoms with Crippen molar-refractivity contribution in [3.8, 4) is 0 Å². The van der Waals surface area contributed by atoms with Gasteiger partial charge in [0.05, 0.1) is 26.4 Å². The largest absolute Gasteiger partial charge is 0.442 e. The average molecular weight is 300 g/mol. The molecule has 3 N–H and O–H groups in total. The fourth-order valence-corrected chi connectivity index (χ4v) is 2.04. The Kier molecular flexibility index (Phi) is 10.8. The molecule has 21 heavy (non-hydrogen) atoms. The van der Waals surface area contributed by atoms with Gasteiger partial charge in [-0.1, -0.05) is 12.5 Å². The van der Waals surface area contributed by atoms with Crippen LogP contribution in [0.5, 0.6) is 0 Å². The number of ether oxygens (including phenoxy) is 3. The zero-order chi connectivity index (χ0) is 15.2. The molecule has 0 aromatic rings. The summed E-state index contributed by atoms with van der Waals surface area (Å²) in [6.07, 6.45) is 9.11. The van der Waals surface area contributed by atoms with Crippen molar-refractivity contribution in [3.63, 3.8) is 0 Å². The summed E-state index contributed by atoms with van der Waals surface area (Å²) in [5.74, 6) is 0. The third-order valence-electron chi connectivity index (χ3n) is 3.12. The molecule has 0 bridgehead atoms. The summed E-state index contributed by atoms with van der Waals surface area (Å²) in [7, 11) is 0. The van der Waals surface area contributed by atoms with Crippen molar-refractivity contribution in [2.75, 3.05) is 39.5 Å². The Bertz CT molecular complexity index is 297. The van der Waals surface area contributed by atoms with E-state index in [2.05, 4.69) is 11.4 Å². The van der Waals surface area contributed by atoms with E-state index in [1.54, 1.807) is 0 Å². The molecule has 1 aliphatic carbocycles. The Balaban J connectivity index is 1.99. The molecule has 0 aromatic carbocycles. The van der Waals surface area contributed by atoms with Crippen LogP contribution in [0, 0.1) is 0 Å². The van der Waals surface area contributed by atoms with Gasteiger partial charge in [0.1, 0.15) is 6.10 Å². The highest BCUT2D eigenvalue weighted by molar-refractivity contribution is 5.67. The van der Waals surface area contributed by atoms with E-state index in [9.17, 15) is 4.79 Å². The van der Waals surface area contributed by atoms with Gasteiger partial charge in [-0.05, 0) is 31.8 Å². The van der Waals surface area contributed by atoms with Crippen LogP contribution in [0.4, 0.5) is 4.79 Å². The molecule has 1 rings (SSSR count). The molecule has 0 fully saturated rings. The van der Waals surface area contributed by atoms with Crippen LogP contribution in [-0.2, 0) is 14.2 Å². The van der Waals surface area contributed by atoms with Gasteiger partial charge in [-0.3, -0.25) is 0 Å². The first-order valence-corrected chi connectivity index (χ1v) is 7.79. The van der Waals surface area contributed by atoms with E-state index in [0.29, 0.717) is 39.5 Å². The summed E-state index contributed by atoms with van der Waals surface area (Å²) in [6.45, 7) is 2.97. The highest BCUT2D eigenvalue weighted by atomic mass is 16.6. The van der Waals surface area contributed by atoms with Gasteiger partial charge in [-0.15, -0.1) is 0 Å². The molecular weight excluding hydrogens is 272 g/mol. The quantitative estimate of drug-likeness (QED) is 0.499. The van der Waals surface area contributed by atoms with E-state index in [0.717, 1.165) is 19.3 Å². The van der Waals surface area contributed by atoms with Gasteiger partial charge in [0.25, 0.3) is 0 Å². The van der Waals surface area contributed by atoms with Gasteiger partial charge in [0, 0.05) is 13.1 Å². The molecule has 0 heterocycles. The zero-order valence-electron chi connectivity index (χ0n) is 12.7. The maximum Gasteiger partial charge on any atom is 0.407 e. The minimum atomic E-state index is -0.381. The summed E-state index contributed by atoms with van der Waals surface area (Å²) in [5, 5.41) is 2.69. The van der Waals surface area contributed by atoms with Crippen LogP contribution < -0.4 is 11.1 Å². The third-order valence-corrected chi connectivity index (χ3v) is 3.12. The average Bonchev–Trinajstić information content (AvgIpc) is 2.44. The first-order valence-electron chi connectivity index (χ1n) is 7.79. The fraction of sp³-hybridized carbons (Fsp3) is 0.800. The minimum Gasteiger partial charge on any atom is -0.442 e. The maximum absolute atomic E-state index is 11.6. The van der Waals surface area contributed by atoms with Crippen LogP contribution in [-0.4, -0.2) is 51.7 Å². The molecule has 0 aliphatic heterocycles. The van der Waals surface area contributed by atoms with E-state index in [-0.39, 0.29) is 12.2 Å². The summed E-state index contributed by atoms with van der Waals surface area (Å²) in [4.78, 5) is 11.6. The van der Waals surface area contributed by atoms with Crippen LogP contribution in [0.3, 0.4) is 0 Å². The van der Waals surface area contributed by atoms with Gasteiger partial charge < -0.3 is 25.3 Å². The van der Waals surface area contributed by atoms with Crippen molar-refractivity contribution in [3.05, 3.63) is 12.2 Å². The summed E-state index contributed by atoms with van der Waals surface area (Å²) < 4.78 is 15.8. The molecule has 6 heteroatoms. The Hall–Kier alpha value is -1.11. The number of nitrogens with one attached hydrogen (secondary N) is 1. The predicted octanol–water partition coefficient (Wildman–Crippen LogP) is 1.59. The van der Waals surface area contributed by atoms with E-state index in [1.165, 1.54) is 12.8 Å². The molecule has 0 spiro atoms. The number of hydrogen-bond acceptors (Lipinski definition) is 5. The van der Waals surface area contributed by atoms with Crippen molar-refractivity contribution in [1.29, 1.82) is 0 Å². The first-order chi connectivity index (χ1) is 10.3. The summed E-state index contributed by atoms with van der Waals surface area (Å²) in [6, 6.07) is 0. The minimum absolute atomic E-state index is 0.101. The van der Waals surface area contributed by atoms with E-state index >= 15 is 0 Å². The van der Waals surface area contributed by atoms with Gasteiger partial charge in [0.2, 0.25) is 0 Å².